The molecule has 96 valence electrons. The van der Waals surface area contributed by atoms with Crippen molar-refractivity contribution in [3.63, 3.8) is 0 Å². The van der Waals surface area contributed by atoms with Crippen molar-refractivity contribution in [2.75, 3.05) is 5.32 Å². The van der Waals surface area contributed by atoms with Gasteiger partial charge in [0, 0.05) is 10.4 Å². The summed E-state index contributed by atoms with van der Waals surface area (Å²) in [6.45, 7) is 8.24. The molecule has 5 heteroatoms. The lowest BCUT2D eigenvalue weighted by molar-refractivity contribution is 0.622. The number of nitrogens with one attached hydrogen (secondary N) is 1. The van der Waals surface area contributed by atoms with E-state index in [0.29, 0.717) is 5.69 Å². The Morgan fingerprint density at radius 3 is 2.56 bits per heavy atom. The van der Waals surface area contributed by atoms with E-state index in [1.54, 1.807) is 17.4 Å². The molecule has 0 aliphatic rings. The highest BCUT2D eigenvalue weighted by Gasteiger charge is 2.15. The van der Waals surface area contributed by atoms with Gasteiger partial charge in [0.05, 0.1) is 11.9 Å². The number of nitrogens with zero attached hydrogens (tertiary/aromatic N) is 2. The molecule has 0 radical (unpaired) electrons. The summed E-state index contributed by atoms with van der Waals surface area (Å²) in [5.41, 5.74) is 1.48. The molecule has 0 saturated carbocycles. The first kappa shape index (κ1) is 13.0. The lowest BCUT2D eigenvalue weighted by atomic mass is 10.1. The number of pyridine rings is 1. The number of anilines is 1. The number of thiazole rings is 1. The second-order valence-electron chi connectivity index (χ2n) is 5.16. The molecule has 0 aliphatic carbocycles. The van der Waals surface area contributed by atoms with Gasteiger partial charge >= 0.3 is 0 Å². The summed E-state index contributed by atoms with van der Waals surface area (Å²) in [7, 11) is 0. The van der Waals surface area contributed by atoms with Crippen LogP contribution in [-0.4, -0.2) is 15.5 Å². The Balaban J connectivity index is 2.32. The van der Waals surface area contributed by atoms with Crippen LogP contribution in [0.4, 0.5) is 9.52 Å². The number of aromatic nitrogens is 2. The fraction of sp³-hybridized carbons (Fsp3) is 0.385. The highest BCUT2D eigenvalue weighted by Crippen LogP contribution is 2.30. The van der Waals surface area contributed by atoms with Crippen molar-refractivity contribution in [1.29, 1.82) is 0 Å². The van der Waals surface area contributed by atoms with Crippen molar-refractivity contribution in [3.05, 3.63) is 29.0 Å². The average molecular weight is 265 g/mol. The molecule has 1 N–H and O–H groups in total. The number of hydrogen-bond donors (Lipinski definition) is 1. The molecule has 0 spiro atoms. The monoisotopic (exact) mass is 265 g/mol. The van der Waals surface area contributed by atoms with E-state index < -0.39 is 0 Å². The zero-order chi connectivity index (χ0) is 13.3. The third-order valence-corrected chi connectivity index (χ3v) is 3.13. The number of hydrogen-bond acceptors (Lipinski definition) is 4. The number of rotatable bonds is 2. The summed E-state index contributed by atoms with van der Waals surface area (Å²) in [4.78, 5) is 9.65. The van der Waals surface area contributed by atoms with Gasteiger partial charge in [-0.2, -0.15) is 0 Å². The largest absolute Gasteiger partial charge is 0.357 e. The predicted octanol–water partition coefficient (Wildman–Crippen LogP) is 3.86. The third kappa shape index (κ3) is 3.04. The first-order chi connectivity index (χ1) is 8.35. The lowest BCUT2D eigenvalue weighted by Gasteiger charge is -2.19. The van der Waals surface area contributed by atoms with E-state index in [1.807, 2.05) is 6.92 Å². The Bertz CT molecular complexity index is 540. The minimum Gasteiger partial charge on any atom is -0.357 e. The molecule has 2 heterocycles. The van der Waals surface area contributed by atoms with Crippen LogP contribution in [0.2, 0.25) is 0 Å². The maximum atomic E-state index is 12.8. The van der Waals surface area contributed by atoms with Crippen LogP contribution in [-0.2, 0) is 0 Å². The Labute approximate surface area is 110 Å². The van der Waals surface area contributed by atoms with Crippen molar-refractivity contribution >= 4 is 16.5 Å². The van der Waals surface area contributed by atoms with E-state index in [1.165, 1.54) is 12.3 Å². The topological polar surface area (TPSA) is 37.8 Å². The summed E-state index contributed by atoms with van der Waals surface area (Å²) >= 11 is 1.58. The summed E-state index contributed by atoms with van der Waals surface area (Å²) in [5.74, 6) is -0.334. The summed E-state index contributed by atoms with van der Waals surface area (Å²) in [5, 5.41) is 4.19. The van der Waals surface area contributed by atoms with Crippen LogP contribution >= 0.6 is 11.3 Å². The third-order valence-electron chi connectivity index (χ3n) is 2.25. The van der Waals surface area contributed by atoms with Crippen LogP contribution in [0.25, 0.3) is 11.4 Å². The van der Waals surface area contributed by atoms with Crippen molar-refractivity contribution < 1.29 is 4.39 Å². The molecule has 0 fully saturated rings. The van der Waals surface area contributed by atoms with E-state index in [9.17, 15) is 4.39 Å². The molecule has 0 aromatic carbocycles. The molecule has 18 heavy (non-hydrogen) atoms. The van der Waals surface area contributed by atoms with Gasteiger partial charge in [-0.3, -0.25) is 4.98 Å². The minimum absolute atomic E-state index is 0.0300. The first-order valence-corrected chi connectivity index (χ1v) is 6.54. The summed E-state index contributed by atoms with van der Waals surface area (Å²) < 4.78 is 12.8. The van der Waals surface area contributed by atoms with Crippen LogP contribution in [0.1, 0.15) is 25.6 Å². The zero-order valence-corrected chi connectivity index (χ0v) is 11.7. The van der Waals surface area contributed by atoms with Gasteiger partial charge in [-0.05, 0) is 39.8 Å². The van der Waals surface area contributed by atoms with E-state index in [0.717, 1.165) is 15.7 Å². The fourth-order valence-corrected chi connectivity index (χ4v) is 2.56. The average Bonchev–Trinajstić information content (AvgIpc) is 2.58. The first-order valence-electron chi connectivity index (χ1n) is 5.73. The molecular weight excluding hydrogens is 249 g/mol. The van der Waals surface area contributed by atoms with Gasteiger partial charge in [0.25, 0.3) is 0 Å². The maximum absolute atomic E-state index is 12.8. The van der Waals surface area contributed by atoms with Gasteiger partial charge in [0.15, 0.2) is 5.13 Å². The van der Waals surface area contributed by atoms with Gasteiger partial charge in [-0.15, -0.1) is 11.3 Å². The summed E-state index contributed by atoms with van der Waals surface area (Å²) in [6.07, 6.45) is 1.21. The van der Waals surface area contributed by atoms with Crippen molar-refractivity contribution in [3.8, 4) is 11.4 Å². The van der Waals surface area contributed by atoms with Gasteiger partial charge in [0.1, 0.15) is 11.5 Å². The lowest BCUT2D eigenvalue weighted by Crippen LogP contribution is -2.25. The SMILES string of the molecule is Cc1sc(NC(C)(C)C)nc1-c1ccc(F)cn1. The van der Waals surface area contributed by atoms with Crippen LogP contribution < -0.4 is 5.32 Å². The fourth-order valence-electron chi connectivity index (χ4n) is 1.52. The molecule has 0 atom stereocenters. The molecule has 0 amide bonds. The smallest absolute Gasteiger partial charge is 0.183 e. The summed E-state index contributed by atoms with van der Waals surface area (Å²) in [6, 6.07) is 3.05. The second-order valence-corrected chi connectivity index (χ2v) is 6.36. The van der Waals surface area contributed by atoms with Crippen LogP contribution in [0.5, 0.6) is 0 Å². The molecular formula is C13H16FN3S. The Morgan fingerprint density at radius 2 is 2.00 bits per heavy atom. The zero-order valence-electron chi connectivity index (χ0n) is 10.9. The van der Waals surface area contributed by atoms with Gasteiger partial charge < -0.3 is 5.32 Å². The van der Waals surface area contributed by atoms with Gasteiger partial charge in [0.2, 0.25) is 0 Å². The van der Waals surface area contributed by atoms with Crippen molar-refractivity contribution in [2.45, 2.75) is 33.2 Å². The Hall–Kier alpha value is -1.49. The Kier molecular flexibility index (Phi) is 3.34. The maximum Gasteiger partial charge on any atom is 0.183 e. The molecule has 2 aromatic rings. The highest BCUT2D eigenvalue weighted by molar-refractivity contribution is 7.16. The quantitative estimate of drug-likeness (QED) is 0.896. The van der Waals surface area contributed by atoms with E-state index in [2.05, 4.69) is 36.1 Å². The molecule has 0 aliphatic heterocycles. The highest BCUT2D eigenvalue weighted by atomic mass is 32.1. The molecule has 0 bridgehead atoms. The van der Waals surface area contributed by atoms with Crippen LogP contribution in [0.3, 0.4) is 0 Å². The number of aryl methyl sites for hydroxylation is 1. The molecule has 0 unspecified atom stereocenters. The van der Waals surface area contributed by atoms with Gasteiger partial charge in [-0.25, -0.2) is 9.37 Å². The van der Waals surface area contributed by atoms with Crippen LogP contribution in [0, 0.1) is 12.7 Å². The van der Waals surface area contributed by atoms with Crippen LogP contribution in [0.15, 0.2) is 18.3 Å². The van der Waals surface area contributed by atoms with E-state index in [4.69, 9.17) is 0 Å². The Morgan fingerprint density at radius 1 is 1.28 bits per heavy atom. The molecule has 0 saturated heterocycles. The molecule has 2 aromatic heterocycles. The van der Waals surface area contributed by atoms with Crippen molar-refractivity contribution in [2.24, 2.45) is 0 Å². The normalized spacial score (nSPS) is 11.6. The standard InChI is InChI=1S/C13H16FN3S/c1-8-11(10-6-5-9(14)7-15-10)16-12(18-8)17-13(2,3)4/h5-7H,1-4H3,(H,16,17). The molecule has 2 rings (SSSR count). The predicted molar refractivity (Wildman–Crippen MR) is 73.4 cm³/mol. The molecule has 3 nitrogen and oxygen atoms in total. The van der Waals surface area contributed by atoms with E-state index in [-0.39, 0.29) is 11.4 Å². The second kappa shape index (κ2) is 4.65. The van der Waals surface area contributed by atoms with Gasteiger partial charge in [-0.1, -0.05) is 0 Å². The van der Waals surface area contributed by atoms with Crippen molar-refractivity contribution in [1.82, 2.24) is 9.97 Å². The minimum atomic E-state index is -0.334. The van der Waals surface area contributed by atoms with E-state index >= 15 is 0 Å². The number of halogens is 1.